The largest absolute Gasteiger partial charge is 0.437 e. The molecule has 12 nitrogen and oxygen atoms in total. The summed E-state index contributed by atoms with van der Waals surface area (Å²) in [5.41, 5.74) is 12.3. The number of carbonyl (C=O) groups is 2. The number of aliphatic hydroxyl groups is 1. The van der Waals surface area contributed by atoms with E-state index in [9.17, 15) is 19.5 Å². The van der Waals surface area contributed by atoms with Crippen molar-refractivity contribution in [3.63, 3.8) is 0 Å². The lowest BCUT2D eigenvalue weighted by Crippen LogP contribution is -2.53. The summed E-state index contributed by atoms with van der Waals surface area (Å²) in [7, 11) is 0. The maximum absolute atomic E-state index is 14.0. The second-order valence-electron chi connectivity index (χ2n) is 12.3. The lowest BCUT2D eigenvalue weighted by atomic mass is 9.79. The molecule has 2 aliphatic rings. The molecule has 2 aromatic heterocycles. The third-order valence-corrected chi connectivity index (χ3v) is 9.23. The maximum Gasteiger partial charge on any atom is 0.280 e. The fourth-order valence-electron chi connectivity index (χ4n) is 6.48. The van der Waals surface area contributed by atoms with Crippen molar-refractivity contribution in [2.45, 2.75) is 43.9 Å². The van der Waals surface area contributed by atoms with Crippen LogP contribution in [0.1, 0.15) is 46.7 Å². The van der Waals surface area contributed by atoms with Crippen LogP contribution in [0.3, 0.4) is 0 Å². The first-order valence-corrected chi connectivity index (χ1v) is 15.8. The Morgan fingerprint density at radius 1 is 0.979 bits per heavy atom. The van der Waals surface area contributed by atoms with Crippen LogP contribution >= 0.6 is 0 Å². The summed E-state index contributed by atoms with van der Waals surface area (Å²) in [6.07, 6.45) is 5.61. The number of amides is 2. The standard InChI is InChI=1S/C35H39N7O5/c36-19-24-8-10-27(11-9-24)47-31-30(37)34(45)42(23-39-31)22-35(46)13-17-40(18-14-35)33(44)28-12-16-41(32(43)26-7-4-15-38-20-26)21-29(28)25-5-2-1-3-6-25/h1-11,15,20,23,28-29,46H,12-14,16-19,21-22,36-37H2/t28-,29+/m1/s1. The number of rotatable bonds is 8. The highest BCUT2D eigenvalue weighted by molar-refractivity contribution is 5.94. The van der Waals surface area contributed by atoms with Crippen LogP contribution in [-0.4, -0.2) is 73.0 Å². The molecule has 5 N–H and O–H groups in total. The van der Waals surface area contributed by atoms with E-state index in [0.29, 0.717) is 50.5 Å². The summed E-state index contributed by atoms with van der Waals surface area (Å²) in [6.45, 7) is 1.93. The Morgan fingerprint density at radius 3 is 2.40 bits per heavy atom. The van der Waals surface area contributed by atoms with E-state index < -0.39 is 11.2 Å². The maximum atomic E-state index is 14.0. The molecule has 47 heavy (non-hydrogen) atoms. The zero-order valence-corrected chi connectivity index (χ0v) is 26.1. The molecule has 0 bridgehead atoms. The minimum atomic E-state index is -1.23. The van der Waals surface area contributed by atoms with Crippen molar-refractivity contribution >= 4 is 17.5 Å². The molecule has 4 aromatic rings. The van der Waals surface area contributed by atoms with E-state index in [1.165, 1.54) is 10.9 Å². The highest BCUT2D eigenvalue weighted by atomic mass is 16.5. The average Bonchev–Trinajstić information content (AvgIpc) is 3.12. The molecule has 12 heteroatoms. The topological polar surface area (TPSA) is 170 Å². The van der Waals surface area contributed by atoms with Gasteiger partial charge in [0.05, 0.1) is 17.7 Å². The number of benzene rings is 2. The lowest BCUT2D eigenvalue weighted by molar-refractivity contribution is -0.142. The summed E-state index contributed by atoms with van der Waals surface area (Å²) in [5, 5.41) is 11.5. The molecule has 2 saturated heterocycles. The third kappa shape index (κ3) is 7.03. The SMILES string of the molecule is NCc1ccc(Oc2ncn(CC3(O)CCN(C(=O)[C@@H]4CCN(C(=O)c5cccnc5)C[C@H]4c4ccccc4)CC3)c(=O)c2N)cc1. The van der Waals surface area contributed by atoms with E-state index in [1.807, 2.05) is 42.5 Å². The van der Waals surface area contributed by atoms with Crippen molar-refractivity contribution in [2.75, 3.05) is 31.9 Å². The Kier molecular flexibility index (Phi) is 9.32. The molecule has 6 rings (SSSR count). The molecule has 2 amide bonds. The zero-order valence-electron chi connectivity index (χ0n) is 26.1. The van der Waals surface area contributed by atoms with Crippen LogP contribution < -0.4 is 21.8 Å². The quantitative estimate of drug-likeness (QED) is 0.263. The Hall–Kier alpha value is -5.07. The monoisotopic (exact) mass is 637 g/mol. The second kappa shape index (κ2) is 13.7. The normalized spacial score (nSPS) is 19.3. The molecule has 2 fully saturated rings. The number of ether oxygens (including phenoxy) is 1. The van der Waals surface area contributed by atoms with Gasteiger partial charge in [-0.2, -0.15) is 0 Å². The Labute approximate surface area is 272 Å². The number of aromatic nitrogens is 3. The molecule has 0 saturated carbocycles. The van der Waals surface area contributed by atoms with Gasteiger partial charge in [-0.3, -0.25) is 23.9 Å². The number of nitrogen functional groups attached to an aromatic ring is 1. The van der Waals surface area contributed by atoms with Gasteiger partial charge in [0.2, 0.25) is 11.8 Å². The van der Waals surface area contributed by atoms with E-state index >= 15 is 0 Å². The van der Waals surface area contributed by atoms with Gasteiger partial charge in [0.25, 0.3) is 11.5 Å². The number of anilines is 1. The molecule has 0 aliphatic carbocycles. The van der Waals surface area contributed by atoms with Gasteiger partial charge in [0, 0.05) is 57.0 Å². The highest BCUT2D eigenvalue weighted by Gasteiger charge is 2.41. The van der Waals surface area contributed by atoms with Gasteiger partial charge in [-0.05, 0) is 54.7 Å². The molecule has 2 aliphatic heterocycles. The molecule has 4 heterocycles. The summed E-state index contributed by atoms with van der Waals surface area (Å²) >= 11 is 0. The van der Waals surface area contributed by atoms with Crippen LogP contribution in [0.5, 0.6) is 11.6 Å². The lowest BCUT2D eigenvalue weighted by Gasteiger charge is -2.43. The van der Waals surface area contributed by atoms with Crippen molar-refractivity contribution in [3.05, 3.63) is 112 Å². The number of nitrogens with zero attached hydrogens (tertiary/aromatic N) is 5. The number of hydrogen-bond acceptors (Lipinski definition) is 9. The number of hydrogen-bond donors (Lipinski definition) is 3. The van der Waals surface area contributed by atoms with E-state index in [2.05, 4.69) is 9.97 Å². The van der Waals surface area contributed by atoms with Crippen LogP contribution in [0, 0.1) is 5.92 Å². The summed E-state index contributed by atoms with van der Waals surface area (Å²) < 4.78 is 7.01. The predicted molar refractivity (Wildman–Crippen MR) is 176 cm³/mol. The summed E-state index contributed by atoms with van der Waals surface area (Å²) in [6, 6.07) is 20.4. The summed E-state index contributed by atoms with van der Waals surface area (Å²) in [5.74, 6) is -0.120. The van der Waals surface area contributed by atoms with Crippen LogP contribution in [0.25, 0.3) is 0 Å². The first-order valence-electron chi connectivity index (χ1n) is 15.8. The molecule has 0 unspecified atom stereocenters. The highest BCUT2D eigenvalue weighted by Crippen LogP contribution is 2.36. The van der Waals surface area contributed by atoms with Gasteiger partial charge >= 0.3 is 0 Å². The smallest absolute Gasteiger partial charge is 0.280 e. The van der Waals surface area contributed by atoms with Crippen molar-refractivity contribution in [1.82, 2.24) is 24.3 Å². The van der Waals surface area contributed by atoms with E-state index in [1.54, 1.807) is 46.5 Å². The molecule has 2 atom stereocenters. The van der Waals surface area contributed by atoms with Crippen LogP contribution in [0.2, 0.25) is 0 Å². The Morgan fingerprint density at radius 2 is 1.72 bits per heavy atom. The van der Waals surface area contributed by atoms with Gasteiger partial charge in [-0.15, -0.1) is 0 Å². The van der Waals surface area contributed by atoms with Crippen LogP contribution in [0.15, 0.2) is 90.2 Å². The number of pyridine rings is 1. The minimum Gasteiger partial charge on any atom is -0.437 e. The summed E-state index contributed by atoms with van der Waals surface area (Å²) in [4.78, 5) is 52.3. The first kappa shape index (κ1) is 31.9. The van der Waals surface area contributed by atoms with Gasteiger partial charge in [0.15, 0.2) is 5.69 Å². The molecule has 0 radical (unpaired) electrons. The second-order valence-corrected chi connectivity index (χ2v) is 12.3. The fraction of sp³-hybridized carbons (Fsp3) is 0.343. The zero-order chi connectivity index (χ0) is 33.0. The van der Waals surface area contributed by atoms with E-state index in [-0.39, 0.29) is 54.6 Å². The molecular formula is C35H39N7O5. The van der Waals surface area contributed by atoms with Crippen molar-refractivity contribution in [3.8, 4) is 11.6 Å². The number of nitrogens with two attached hydrogens (primary N) is 2. The third-order valence-electron chi connectivity index (χ3n) is 9.23. The Balaban J connectivity index is 1.11. The molecule has 244 valence electrons. The molecular weight excluding hydrogens is 598 g/mol. The van der Waals surface area contributed by atoms with Gasteiger partial charge < -0.3 is 31.1 Å². The van der Waals surface area contributed by atoms with E-state index in [0.717, 1.165) is 11.1 Å². The minimum absolute atomic E-state index is 0.0125. The van der Waals surface area contributed by atoms with Crippen molar-refractivity contribution < 1.29 is 19.4 Å². The Bertz CT molecular complexity index is 1760. The van der Waals surface area contributed by atoms with Gasteiger partial charge in [-0.1, -0.05) is 42.5 Å². The van der Waals surface area contributed by atoms with Crippen molar-refractivity contribution in [2.24, 2.45) is 11.7 Å². The van der Waals surface area contributed by atoms with Gasteiger partial charge in [0.1, 0.15) is 12.1 Å². The van der Waals surface area contributed by atoms with E-state index in [4.69, 9.17) is 16.2 Å². The van der Waals surface area contributed by atoms with Crippen molar-refractivity contribution in [1.29, 1.82) is 0 Å². The number of carbonyl (C=O) groups excluding carboxylic acids is 2. The van der Waals surface area contributed by atoms with Gasteiger partial charge in [-0.25, -0.2) is 4.98 Å². The number of likely N-dealkylation sites (tertiary alicyclic amines) is 2. The van der Waals surface area contributed by atoms with Crippen LogP contribution in [-0.2, 0) is 17.9 Å². The first-order chi connectivity index (χ1) is 22.7. The van der Waals surface area contributed by atoms with Crippen LogP contribution in [0.4, 0.5) is 5.69 Å². The molecule has 2 aromatic carbocycles. The predicted octanol–water partition coefficient (Wildman–Crippen LogP) is 2.77. The number of piperidine rings is 2. The molecule has 0 spiro atoms. The average molecular weight is 638 g/mol. The fourth-order valence-corrected chi connectivity index (χ4v) is 6.48.